The molecule has 2 aromatic carbocycles. The molecule has 3 heteroatoms. The third-order valence-electron chi connectivity index (χ3n) is 2.97. The number of alkyl halides is 1. The van der Waals surface area contributed by atoms with E-state index in [0.717, 1.165) is 21.7 Å². The van der Waals surface area contributed by atoms with Gasteiger partial charge in [0.15, 0.2) is 0 Å². The first-order chi connectivity index (χ1) is 8.50. The van der Waals surface area contributed by atoms with Crippen LogP contribution in [0.4, 0.5) is 4.39 Å². The van der Waals surface area contributed by atoms with E-state index < -0.39 is 0 Å². The van der Waals surface area contributed by atoms with Crippen LogP contribution < -0.4 is 0 Å². The standard InChI is InChI=1S/C15H13BrClF/c1-9-4-3-5-12(15(9)17)14(16)11-6-7-13(18)10(2)8-11/h3-8,14H,1-2H3. The average Bonchev–Trinajstić information content (AvgIpc) is 2.35. The molecular weight excluding hydrogens is 315 g/mol. The summed E-state index contributed by atoms with van der Waals surface area (Å²) in [5.41, 5.74) is 3.68. The van der Waals surface area contributed by atoms with Gasteiger partial charge in [-0.2, -0.15) is 0 Å². The lowest BCUT2D eigenvalue weighted by molar-refractivity contribution is 0.618. The highest BCUT2D eigenvalue weighted by molar-refractivity contribution is 9.09. The van der Waals surface area contributed by atoms with Crippen LogP contribution in [0, 0.1) is 19.7 Å². The molecule has 0 fully saturated rings. The second-order valence-corrected chi connectivity index (χ2v) is 5.64. The summed E-state index contributed by atoms with van der Waals surface area (Å²) in [6.45, 7) is 3.73. The van der Waals surface area contributed by atoms with E-state index in [-0.39, 0.29) is 10.6 Å². The zero-order valence-corrected chi connectivity index (χ0v) is 12.5. The van der Waals surface area contributed by atoms with E-state index >= 15 is 0 Å². The van der Waals surface area contributed by atoms with Crippen molar-refractivity contribution in [3.8, 4) is 0 Å². The summed E-state index contributed by atoms with van der Waals surface area (Å²) in [5.74, 6) is -0.186. The normalized spacial score (nSPS) is 12.5. The summed E-state index contributed by atoms with van der Waals surface area (Å²) in [6, 6.07) is 11.0. The third-order valence-corrected chi connectivity index (χ3v) is 4.51. The van der Waals surface area contributed by atoms with Crippen LogP contribution in [0.15, 0.2) is 36.4 Å². The Morgan fingerprint density at radius 2 is 1.83 bits per heavy atom. The molecule has 18 heavy (non-hydrogen) atoms. The lowest BCUT2D eigenvalue weighted by Gasteiger charge is -2.14. The van der Waals surface area contributed by atoms with E-state index in [0.29, 0.717) is 5.56 Å². The molecule has 2 rings (SSSR count). The molecular formula is C15H13BrClF. The quantitative estimate of drug-likeness (QED) is 0.632. The van der Waals surface area contributed by atoms with Gasteiger partial charge in [0.2, 0.25) is 0 Å². The fraction of sp³-hybridized carbons (Fsp3) is 0.200. The Bertz CT molecular complexity index is 581. The molecule has 1 unspecified atom stereocenters. The lowest BCUT2D eigenvalue weighted by atomic mass is 10.0. The monoisotopic (exact) mass is 326 g/mol. The van der Waals surface area contributed by atoms with E-state index in [4.69, 9.17) is 11.6 Å². The minimum Gasteiger partial charge on any atom is -0.207 e. The molecule has 94 valence electrons. The van der Waals surface area contributed by atoms with Crippen molar-refractivity contribution >= 4 is 27.5 Å². The van der Waals surface area contributed by atoms with E-state index in [2.05, 4.69) is 15.9 Å². The van der Waals surface area contributed by atoms with Crippen molar-refractivity contribution in [1.82, 2.24) is 0 Å². The molecule has 0 N–H and O–H groups in total. The largest absolute Gasteiger partial charge is 0.207 e. The Hall–Kier alpha value is -0.860. The van der Waals surface area contributed by atoms with Gasteiger partial charge in [0.25, 0.3) is 0 Å². The molecule has 0 amide bonds. The molecule has 0 aromatic heterocycles. The molecule has 2 aromatic rings. The van der Waals surface area contributed by atoms with Crippen molar-refractivity contribution in [3.05, 3.63) is 69.5 Å². The van der Waals surface area contributed by atoms with Gasteiger partial charge in [-0.05, 0) is 42.2 Å². The van der Waals surface area contributed by atoms with E-state index in [1.807, 2.05) is 31.2 Å². The predicted octanol–water partition coefficient (Wildman–Crippen LogP) is 5.58. The Morgan fingerprint density at radius 3 is 2.50 bits per heavy atom. The predicted molar refractivity (Wildman–Crippen MR) is 78.1 cm³/mol. The first-order valence-electron chi connectivity index (χ1n) is 5.66. The second-order valence-electron chi connectivity index (χ2n) is 4.35. The molecule has 1 atom stereocenters. The van der Waals surface area contributed by atoms with Crippen LogP contribution >= 0.6 is 27.5 Å². The summed E-state index contributed by atoms with van der Waals surface area (Å²) in [6.07, 6.45) is 0. The molecule has 0 radical (unpaired) electrons. The van der Waals surface area contributed by atoms with Gasteiger partial charge in [-0.1, -0.05) is 57.9 Å². The van der Waals surface area contributed by atoms with Crippen molar-refractivity contribution in [2.75, 3.05) is 0 Å². The molecule has 0 saturated carbocycles. The molecule has 0 spiro atoms. The second kappa shape index (κ2) is 5.41. The van der Waals surface area contributed by atoms with E-state index in [1.54, 1.807) is 13.0 Å². The van der Waals surface area contributed by atoms with Gasteiger partial charge >= 0.3 is 0 Å². The van der Waals surface area contributed by atoms with Gasteiger partial charge in [-0.15, -0.1) is 0 Å². The molecule has 0 nitrogen and oxygen atoms in total. The summed E-state index contributed by atoms with van der Waals surface area (Å²) >= 11 is 9.94. The van der Waals surface area contributed by atoms with Gasteiger partial charge in [-0.25, -0.2) is 4.39 Å². The SMILES string of the molecule is Cc1cc(C(Br)c2cccc(C)c2Cl)ccc1F. The maximum absolute atomic E-state index is 13.3. The molecule has 0 aliphatic carbocycles. The zero-order chi connectivity index (χ0) is 13.3. The fourth-order valence-corrected chi connectivity index (χ4v) is 2.90. The van der Waals surface area contributed by atoms with Crippen molar-refractivity contribution in [2.24, 2.45) is 0 Å². The number of hydrogen-bond acceptors (Lipinski definition) is 0. The first kappa shape index (κ1) is 13.6. The topological polar surface area (TPSA) is 0 Å². The molecule has 0 aliphatic rings. The Kier molecular flexibility index (Phi) is 4.08. The van der Waals surface area contributed by atoms with Crippen LogP contribution in [-0.2, 0) is 0 Å². The van der Waals surface area contributed by atoms with Crippen LogP contribution in [0.5, 0.6) is 0 Å². The van der Waals surface area contributed by atoms with Crippen molar-refractivity contribution in [2.45, 2.75) is 18.7 Å². The molecule has 0 saturated heterocycles. The highest BCUT2D eigenvalue weighted by atomic mass is 79.9. The zero-order valence-electron chi connectivity index (χ0n) is 10.2. The van der Waals surface area contributed by atoms with Gasteiger partial charge < -0.3 is 0 Å². The molecule has 0 bridgehead atoms. The average molecular weight is 328 g/mol. The lowest BCUT2D eigenvalue weighted by Crippen LogP contribution is -1.96. The third kappa shape index (κ3) is 2.60. The Balaban J connectivity index is 2.44. The minimum atomic E-state index is -0.186. The van der Waals surface area contributed by atoms with Gasteiger partial charge in [-0.3, -0.25) is 0 Å². The van der Waals surface area contributed by atoms with Gasteiger partial charge in [0.1, 0.15) is 5.82 Å². The summed E-state index contributed by atoms with van der Waals surface area (Å²) in [5, 5.41) is 0.751. The minimum absolute atomic E-state index is 0.0239. The maximum Gasteiger partial charge on any atom is 0.126 e. The van der Waals surface area contributed by atoms with E-state index in [1.165, 1.54) is 6.07 Å². The highest BCUT2D eigenvalue weighted by Crippen LogP contribution is 2.36. The van der Waals surface area contributed by atoms with Crippen LogP contribution in [0.3, 0.4) is 0 Å². The Labute approximate surface area is 120 Å². The summed E-state index contributed by atoms with van der Waals surface area (Å²) in [7, 11) is 0. The first-order valence-corrected chi connectivity index (χ1v) is 6.95. The van der Waals surface area contributed by atoms with Crippen LogP contribution in [0.25, 0.3) is 0 Å². The number of rotatable bonds is 2. The smallest absolute Gasteiger partial charge is 0.126 e. The van der Waals surface area contributed by atoms with Crippen LogP contribution in [0.2, 0.25) is 5.02 Å². The van der Waals surface area contributed by atoms with Crippen LogP contribution in [-0.4, -0.2) is 0 Å². The number of benzene rings is 2. The number of halogens is 3. The van der Waals surface area contributed by atoms with Gasteiger partial charge in [0.05, 0.1) is 4.83 Å². The molecule has 0 aliphatic heterocycles. The van der Waals surface area contributed by atoms with Crippen molar-refractivity contribution < 1.29 is 4.39 Å². The summed E-state index contributed by atoms with van der Waals surface area (Å²) in [4.78, 5) is -0.0239. The molecule has 0 heterocycles. The fourth-order valence-electron chi connectivity index (χ4n) is 1.87. The summed E-state index contributed by atoms with van der Waals surface area (Å²) < 4.78 is 13.3. The van der Waals surface area contributed by atoms with Crippen molar-refractivity contribution in [1.29, 1.82) is 0 Å². The Morgan fingerprint density at radius 1 is 1.11 bits per heavy atom. The maximum atomic E-state index is 13.3. The van der Waals surface area contributed by atoms with Crippen molar-refractivity contribution in [3.63, 3.8) is 0 Å². The van der Waals surface area contributed by atoms with E-state index in [9.17, 15) is 4.39 Å². The number of hydrogen-bond donors (Lipinski definition) is 0. The number of aryl methyl sites for hydroxylation is 2. The van der Waals surface area contributed by atoms with Gasteiger partial charge in [0, 0.05) is 5.02 Å². The highest BCUT2D eigenvalue weighted by Gasteiger charge is 2.15. The van der Waals surface area contributed by atoms with Crippen LogP contribution in [0.1, 0.15) is 27.1 Å².